The van der Waals surface area contributed by atoms with Crippen molar-refractivity contribution < 1.29 is 0 Å². The summed E-state index contributed by atoms with van der Waals surface area (Å²) in [6.45, 7) is 18.5. The summed E-state index contributed by atoms with van der Waals surface area (Å²) in [5.41, 5.74) is 1.59. The van der Waals surface area contributed by atoms with Crippen molar-refractivity contribution in [2.45, 2.75) is 103 Å². The van der Waals surface area contributed by atoms with E-state index in [1.807, 2.05) is 0 Å². The van der Waals surface area contributed by atoms with E-state index in [9.17, 15) is 0 Å². The second-order valence-electron chi connectivity index (χ2n) is 7.01. The maximum absolute atomic E-state index is 4.22. The number of allylic oxidation sites excluding steroid dienone is 3. The second kappa shape index (κ2) is 10.4. The Morgan fingerprint density at radius 2 is 1.62 bits per heavy atom. The Labute approximate surface area is 136 Å². The van der Waals surface area contributed by atoms with E-state index < -0.39 is 8.07 Å². The van der Waals surface area contributed by atoms with Crippen molar-refractivity contribution >= 4 is 8.07 Å². The Morgan fingerprint density at radius 1 is 1.05 bits per heavy atom. The molecule has 0 N–H and O–H groups in total. The van der Waals surface area contributed by atoms with Crippen LogP contribution in [-0.4, -0.2) is 8.07 Å². The fraction of sp³-hybridized carbons (Fsp3) is 0.800. The standard InChI is InChI=1S/C20H40Si/c1-8-13-14-15-16-19(6)17-18-20(7,9-2)21(10-3,11-4)12-5/h9,16H,2,8,10-15,17-18H2,1,3-7H3/b19-16+. The molecule has 0 fully saturated rings. The molecule has 0 aromatic heterocycles. The van der Waals surface area contributed by atoms with Crippen LogP contribution in [0.3, 0.4) is 0 Å². The van der Waals surface area contributed by atoms with Gasteiger partial charge in [-0.15, -0.1) is 6.58 Å². The molecule has 0 aromatic carbocycles. The van der Waals surface area contributed by atoms with Gasteiger partial charge in [0.1, 0.15) is 0 Å². The normalized spacial score (nSPS) is 15.8. The maximum Gasteiger partial charge on any atom is 0.0628 e. The van der Waals surface area contributed by atoms with Crippen molar-refractivity contribution in [1.82, 2.24) is 0 Å². The van der Waals surface area contributed by atoms with Crippen LogP contribution >= 0.6 is 0 Å². The number of hydrogen-bond donors (Lipinski definition) is 0. The van der Waals surface area contributed by atoms with E-state index in [1.165, 1.54) is 56.7 Å². The van der Waals surface area contributed by atoms with E-state index in [1.54, 1.807) is 5.57 Å². The zero-order chi connectivity index (χ0) is 16.4. The minimum Gasteiger partial charge on any atom is -0.103 e. The summed E-state index contributed by atoms with van der Waals surface area (Å²) in [5, 5.41) is 0.393. The quantitative estimate of drug-likeness (QED) is 0.196. The minimum absolute atomic E-state index is 0.393. The first kappa shape index (κ1) is 20.7. The summed E-state index contributed by atoms with van der Waals surface area (Å²) in [7, 11) is -1.23. The zero-order valence-corrected chi connectivity index (χ0v) is 16.7. The Balaban J connectivity index is 4.71. The number of hydrogen-bond acceptors (Lipinski definition) is 0. The molecule has 0 radical (unpaired) electrons. The predicted molar refractivity (Wildman–Crippen MR) is 103 cm³/mol. The molecule has 0 saturated carbocycles. The average molecular weight is 309 g/mol. The van der Waals surface area contributed by atoms with Crippen LogP contribution in [0.1, 0.15) is 80.1 Å². The van der Waals surface area contributed by atoms with Gasteiger partial charge in [-0.3, -0.25) is 0 Å². The first-order valence-electron chi connectivity index (χ1n) is 9.24. The Hall–Kier alpha value is -0.303. The molecule has 1 atom stereocenters. The topological polar surface area (TPSA) is 0 Å². The minimum atomic E-state index is -1.23. The van der Waals surface area contributed by atoms with E-state index in [0.29, 0.717) is 5.04 Å². The monoisotopic (exact) mass is 308 g/mol. The molecule has 0 saturated heterocycles. The Kier molecular flexibility index (Phi) is 10.3. The molecule has 0 spiro atoms. The SMILES string of the molecule is C=CC(C)(CC/C(C)=C/CCCCC)[Si](CC)(CC)CC. The largest absolute Gasteiger partial charge is 0.103 e. The van der Waals surface area contributed by atoms with Gasteiger partial charge in [0, 0.05) is 0 Å². The molecule has 0 amide bonds. The van der Waals surface area contributed by atoms with Crippen LogP contribution in [0, 0.1) is 0 Å². The lowest BCUT2D eigenvalue weighted by Gasteiger charge is -2.45. The van der Waals surface area contributed by atoms with Gasteiger partial charge >= 0.3 is 0 Å². The lowest BCUT2D eigenvalue weighted by atomic mass is 10.00. The van der Waals surface area contributed by atoms with Crippen molar-refractivity contribution in [3.05, 3.63) is 24.3 Å². The van der Waals surface area contributed by atoms with Crippen molar-refractivity contribution in [2.24, 2.45) is 0 Å². The van der Waals surface area contributed by atoms with Gasteiger partial charge in [-0.05, 0) is 37.6 Å². The van der Waals surface area contributed by atoms with Crippen molar-refractivity contribution in [3.63, 3.8) is 0 Å². The summed E-state index contributed by atoms with van der Waals surface area (Å²) in [6, 6.07) is 4.17. The highest BCUT2D eigenvalue weighted by atomic mass is 28.3. The molecule has 1 unspecified atom stereocenters. The zero-order valence-electron chi connectivity index (χ0n) is 15.7. The van der Waals surface area contributed by atoms with Crippen LogP contribution in [-0.2, 0) is 0 Å². The van der Waals surface area contributed by atoms with Crippen LogP contribution in [0.4, 0.5) is 0 Å². The molecular weight excluding hydrogens is 268 g/mol. The molecule has 0 nitrogen and oxygen atoms in total. The summed E-state index contributed by atoms with van der Waals surface area (Å²) < 4.78 is 0. The molecule has 0 rings (SSSR count). The molecule has 0 bridgehead atoms. The van der Waals surface area contributed by atoms with Gasteiger partial charge < -0.3 is 0 Å². The summed E-state index contributed by atoms with van der Waals surface area (Å²) >= 11 is 0. The Bertz CT molecular complexity index is 304. The highest BCUT2D eigenvalue weighted by Crippen LogP contribution is 2.49. The van der Waals surface area contributed by atoms with Crippen molar-refractivity contribution in [1.29, 1.82) is 0 Å². The molecule has 21 heavy (non-hydrogen) atoms. The molecule has 0 heterocycles. The number of rotatable bonds is 12. The van der Waals surface area contributed by atoms with Gasteiger partial charge in [0.2, 0.25) is 0 Å². The molecule has 0 aliphatic carbocycles. The molecule has 0 aromatic rings. The van der Waals surface area contributed by atoms with Crippen LogP contribution in [0.25, 0.3) is 0 Å². The molecular formula is C20H40Si. The lowest BCUT2D eigenvalue weighted by Crippen LogP contribution is -2.43. The third-order valence-electron chi connectivity index (χ3n) is 6.03. The number of unbranched alkanes of at least 4 members (excludes halogenated alkanes) is 3. The van der Waals surface area contributed by atoms with Gasteiger partial charge in [0.25, 0.3) is 0 Å². The molecule has 0 aliphatic rings. The van der Waals surface area contributed by atoms with Gasteiger partial charge in [-0.1, -0.05) is 83.3 Å². The van der Waals surface area contributed by atoms with Gasteiger partial charge in [0.15, 0.2) is 0 Å². The van der Waals surface area contributed by atoms with Crippen LogP contribution in [0.2, 0.25) is 23.2 Å². The fourth-order valence-electron chi connectivity index (χ4n) is 3.85. The maximum atomic E-state index is 4.22. The van der Waals surface area contributed by atoms with Gasteiger partial charge in [0.05, 0.1) is 8.07 Å². The van der Waals surface area contributed by atoms with Crippen LogP contribution in [0.15, 0.2) is 24.3 Å². The predicted octanol–water partition coefficient (Wildman–Crippen LogP) is 7.75. The van der Waals surface area contributed by atoms with Crippen LogP contribution < -0.4 is 0 Å². The third kappa shape index (κ3) is 5.77. The van der Waals surface area contributed by atoms with E-state index in [0.717, 1.165) is 0 Å². The third-order valence-corrected chi connectivity index (χ3v) is 13.0. The fourth-order valence-corrected chi connectivity index (χ4v) is 8.86. The first-order valence-corrected chi connectivity index (χ1v) is 11.9. The average Bonchev–Trinajstić information content (AvgIpc) is 2.51. The van der Waals surface area contributed by atoms with E-state index in [2.05, 4.69) is 60.3 Å². The van der Waals surface area contributed by atoms with Gasteiger partial charge in [-0.2, -0.15) is 0 Å². The molecule has 124 valence electrons. The van der Waals surface area contributed by atoms with Gasteiger partial charge in [-0.25, -0.2) is 0 Å². The highest BCUT2D eigenvalue weighted by Gasteiger charge is 2.43. The smallest absolute Gasteiger partial charge is 0.0628 e. The Morgan fingerprint density at radius 3 is 2.05 bits per heavy atom. The van der Waals surface area contributed by atoms with E-state index in [-0.39, 0.29) is 0 Å². The second-order valence-corrected chi connectivity index (χ2v) is 12.8. The van der Waals surface area contributed by atoms with Crippen molar-refractivity contribution in [2.75, 3.05) is 0 Å². The molecule has 1 heteroatoms. The first-order chi connectivity index (χ1) is 9.95. The summed E-state index contributed by atoms with van der Waals surface area (Å²) in [4.78, 5) is 0. The highest BCUT2D eigenvalue weighted by molar-refractivity contribution is 6.83. The summed E-state index contributed by atoms with van der Waals surface area (Å²) in [5.74, 6) is 0. The van der Waals surface area contributed by atoms with Crippen LogP contribution in [0.5, 0.6) is 0 Å². The van der Waals surface area contributed by atoms with Crippen molar-refractivity contribution in [3.8, 4) is 0 Å². The summed E-state index contributed by atoms with van der Waals surface area (Å²) in [6.07, 6.45) is 12.6. The molecule has 0 aliphatic heterocycles. The lowest BCUT2D eigenvalue weighted by molar-refractivity contribution is 0.623. The van der Waals surface area contributed by atoms with E-state index >= 15 is 0 Å². The van der Waals surface area contributed by atoms with E-state index in [4.69, 9.17) is 0 Å².